The second-order valence-corrected chi connectivity index (χ2v) is 9.78. The predicted octanol–water partition coefficient (Wildman–Crippen LogP) is 3.45. The summed E-state index contributed by atoms with van der Waals surface area (Å²) >= 11 is 6.05. The van der Waals surface area contributed by atoms with E-state index in [4.69, 9.17) is 16.0 Å². The van der Waals surface area contributed by atoms with Crippen molar-refractivity contribution in [1.82, 2.24) is 8.87 Å². The molecule has 1 amide bonds. The molecule has 1 N–H and O–H groups in total. The number of hydrogen-bond acceptors (Lipinski definition) is 5. The van der Waals surface area contributed by atoms with Gasteiger partial charge < -0.3 is 9.73 Å². The molecule has 0 bridgehead atoms. The van der Waals surface area contributed by atoms with Crippen molar-refractivity contribution >= 4 is 44.3 Å². The van der Waals surface area contributed by atoms with Crippen molar-refractivity contribution in [3.05, 3.63) is 58.0 Å². The molecule has 0 atom stereocenters. The van der Waals surface area contributed by atoms with Crippen LogP contribution in [0.15, 0.2) is 56.6 Å². The summed E-state index contributed by atoms with van der Waals surface area (Å²) in [5, 5.41) is 3.03. The molecule has 164 valence electrons. The molecular formula is C21H22ClN3O5S. The standard InChI is InChI=1S/C21H22ClN3O5S/c22-16-7-3-4-8-17(16)23-20(26)14-25-18-10-9-15(13-19(18)30-21(25)27)31(28,29)24-11-5-1-2-6-12-24/h3-4,7-10,13H,1-2,5-6,11-12,14H2,(H,23,26). The van der Waals surface area contributed by atoms with Gasteiger partial charge in [0.2, 0.25) is 15.9 Å². The third-order valence-corrected chi connectivity index (χ3v) is 7.52. The van der Waals surface area contributed by atoms with Gasteiger partial charge in [-0.2, -0.15) is 4.31 Å². The number of rotatable bonds is 5. The number of hydrogen-bond donors (Lipinski definition) is 1. The number of oxazole rings is 1. The van der Waals surface area contributed by atoms with Gasteiger partial charge in [-0.15, -0.1) is 0 Å². The Morgan fingerprint density at radius 1 is 1.06 bits per heavy atom. The van der Waals surface area contributed by atoms with E-state index in [9.17, 15) is 18.0 Å². The van der Waals surface area contributed by atoms with E-state index in [1.165, 1.54) is 22.5 Å². The molecule has 10 heteroatoms. The lowest BCUT2D eigenvalue weighted by Crippen LogP contribution is -2.31. The molecule has 31 heavy (non-hydrogen) atoms. The van der Waals surface area contributed by atoms with E-state index >= 15 is 0 Å². The predicted molar refractivity (Wildman–Crippen MR) is 118 cm³/mol. The summed E-state index contributed by atoms with van der Waals surface area (Å²) in [6.07, 6.45) is 3.68. The van der Waals surface area contributed by atoms with Crippen LogP contribution in [0.3, 0.4) is 0 Å². The number of halogens is 1. The maximum Gasteiger partial charge on any atom is 0.420 e. The molecule has 0 radical (unpaired) electrons. The van der Waals surface area contributed by atoms with E-state index < -0.39 is 21.7 Å². The highest BCUT2D eigenvalue weighted by atomic mass is 35.5. The number of sulfonamides is 1. The maximum absolute atomic E-state index is 13.0. The Labute approximate surface area is 184 Å². The Kier molecular flexibility index (Phi) is 6.17. The summed E-state index contributed by atoms with van der Waals surface area (Å²) < 4.78 is 33.9. The van der Waals surface area contributed by atoms with Crippen molar-refractivity contribution in [3.8, 4) is 0 Å². The van der Waals surface area contributed by atoms with Gasteiger partial charge >= 0.3 is 5.76 Å². The Bertz CT molecular complexity index is 1270. The van der Waals surface area contributed by atoms with E-state index in [1.807, 2.05) is 0 Å². The number of anilines is 1. The molecule has 0 saturated carbocycles. The Morgan fingerprint density at radius 3 is 2.48 bits per heavy atom. The van der Waals surface area contributed by atoms with Crippen LogP contribution in [-0.4, -0.2) is 36.3 Å². The number of carbonyl (C=O) groups excluding carboxylic acids is 1. The molecule has 1 fully saturated rings. The van der Waals surface area contributed by atoms with Gasteiger partial charge in [0, 0.05) is 19.2 Å². The average molecular weight is 464 g/mol. The van der Waals surface area contributed by atoms with Crippen LogP contribution in [0.1, 0.15) is 25.7 Å². The SMILES string of the molecule is O=C(Cn1c(=O)oc2cc(S(=O)(=O)N3CCCCCC3)ccc21)Nc1ccccc1Cl. The van der Waals surface area contributed by atoms with Crippen molar-refractivity contribution in [2.45, 2.75) is 37.1 Å². The maximum atomic E-state index is 13.0. The smallest absolute Gasteiger partial charge is 0.408 e. The minimum absolute atomic E-state index is 0.0725. The number of nitrogens with one attached hydrogen (secondary N) is 1. The number of benzene rings is 2. The number of aromatic nitrogens is 1. The molecule has 3 aromatic rings. The molecule has 0 spiro atoms. The van der Waals surface area contributed by atoms with Gasteiger partial charge in [-0.3, -0.25) is 9.36 Å². The van der Waals surface area contributed by atoms with Gasteiger partial charge in [0.05, 0.1) is 21.1 Å². The van der Waals surface area contributed by atoms with Crippen LogP contribution in [0.25, 0.3) is 11.1 Å². The number of fused-ring (bicyclic) bond motifs is 1. The zero-order valence-electron chi connectivity index (χ0n) is 16.7. The van der Waals surface area contributed by atoms with Gasteiger partial charge in [-0.05, 0) is 37.1 Å². The zero-order chi connectivity index (χ0) is 22.0. The molecule has 8 nitrogen and oxygen atoms in total. The van der Waals surface area contributed by atoms with Crippen LogP contribution in [0, 0.1) is 0 Å². The lowest BCUT2D eigenvalue weighted by atomic mass is 10.2. The zero-order valence-corrected chi connectivity index (χ0v) is 18.3. The van der Waals surface area contributed by atoms with E-state index in [-0.39, 0.29) is 17.0 Å². The van der Waals surface area contributed by atoms with Crippen LogP contribution < -0.4 is 11.1 Å². The lowest BCUT2D eigenvalue weighted by Gasteiger charge is -2.19. The molecule has 1 aliphatic heterocycles. The minimum atomic E-state index is -3.68. The van der Waals surface area contributed by atoms with Crippen LogP contribution >= 0.6 is 11.6 Å². The summed E-state index contributed by atoms with van der Waals surface area (Å²) in [6.45, 7) is 0.663. The fourth-order valence-electron chi connectivity index (χ4n) is 3.68. The van der Waals surface area contributed by atoms with Gasteiger partial charge in [-0.1, -0.05) is 36.6 Å². The normalized spacial score (nSPS) is 15.6. The fourth-order valence-corrected chi connectivity index (χ4v) is 5.40. The molecule has 1 saturated heterocycles. The minimum Gasteiger partial charge on any atom is -0.408 e. The summed E-state index contributed by atoms with van der Waals surface area (Å²) in [5.74, 6) is -1.20. The lowest BCUT2D eigenvalue weighted by molar-refractivity contribution is -0.116. The number of carbonyl (C=O) groups is 1. The van der Waals surface area contributed by atoms with Gasteiger partial charge in [0.25, 0.3) is 0 Å². The first-order valence-electron chi connectivity index (χ1n) is 10.0. The van der Waals surface area contributed by atoms with Crippen molar-refractivity contribution < 1.29 is 17.6 Å². The first kappa shape index (κ1) is 21.6. The average Bonchev–Trinajstić information content (AvgIpc) is 2.91. The summed E-state index contributed by atoms with van der Waals surface area (Å²) in [7, 11) is -3.68. The number of para-hydroxylation sites is 1. The Balaban J connectivity index is 1.59. The highest BCUT2D eigenvalue weighted by molar-refractivity contribution is 7.89. The second kappa shape index (κ2) is 8.86. The molecule has 4 rings (SSSR count). The van der Waals surface area contributed by atoms with Crippen molar-refractivity contribution in [3.63, 3.8) is 0 Å². The highest BCUT2D eigenvalue weighted by Gasteiger charge is 2.26. The van der Waals surface area contributed by atoms with Gasteiger partial charge in [0.1, 0.15) is 6.54 Å². The third kappa shape index (κ3) is 4.53. The molecule has 2 heterocycles. The van der Waals surface area contributed by atoms with Crippen LogP contribution in [0.5, 0.6) is 0 Å². The Morgan fingerprint density at radius 2 is 1.77 bits per heavy atom. The Hall–Kier alpha value is -2.62. The number of amides is 1. The van der Waals surface area contributed by atoms with E-state index in [1.54, 1.807) is 24.3 Å². The molecule has 1 aromatic heterocycles. The number of nitrogens with zero attached hydrogens (tertiary/aromatic N) is 2. The highest BCUT2D eigenvalue weighted by Crippen LogP contribution is 2.24. The quantitative estimate of drug-likeness (QED) is 0.624. The monoisotopic (exact) mass is 463 g/mol. The van der Waals surface area contributed by atoms with E-state index in [0.717, 1.165) is 30.3 Å². The van der Waals surface area contributed by atoms with Gasteiger partial charge in [0.15, 0.2) is 5.58 Å². The molecule has 2 aromatic carbocycles. The molecular weight excluding hydrogens is 442 g/mol. The van der Waals surface area contributed by atoms with Crippen LogP contribution in [0.4, 0.5) is 5.69 Å². The third-order valence-electron chi connectivity index (χ3n) is 5.29. The largest absolute Gasteiger partial charge is 0.420 e. The summed E-state index contributed by atoms with van der Waals surface area (Å²) in [4.78, 5) is 24.8. The fraction of sp³-hybridized carbons (Fsp3) is 0.333. The van der Waals surface area contributed by atoms with Crippen molar-refractivity contribution in [1.29, 1.82) is 0 Å². The topological polar surface area (TPSA) is 102 Å². The first-order chi connectivity index (χ1) is 14.9. The van der Waals surface area contributed by atoms with E-state index in [2.05, 4.69) is 5.32 Å². The summed E-state index contributed by atoms with van der Waals surface area (Å²) in [5.41, 5.74) is 0.890. The van der Waals surface area contributed by atoms with Crippen LogP contribution in [-0.2, 0) is 21.4 Å². The van der Waals surface area contributed by atoms with Gasteiger partial charge in [-0.25, -0.2) is 13.2 Å². The molecule has 0 unspecified atom stereocenters. The second-order valence-electron chi connectivity index (χ2n) is 7.43. The molecule has 0 aliphatic carbocycles. The van der Waals surface area contributed by atoms with Crippen molar-refractivity contribution in [2.75, 3.05) is 18.4 Å². The van der Waals surface area contributed by atoms with Crippen LogP contribution in [0.2, 0.25) is 5.02 Å². The molecule has 1 aliphatic rings. The summed E-state index contributed by atoms with van der Waals surface area (Å²) in [6, 6.07) is 11.0. The van der Waals surface area contributed by atoms with Crippen molar-refractivity contribution in [2.24, 2.45) is 0 Å². The first-order valence-corrected chi connectivity index (χ1v) is 11.9. The van der Waals surface area contributed by atoms with E-state index in [0.29, 0.717) is 29.3 Å².